The molecule has 0 aliphatic heterocycles. The summed E-state index contributed by atoms with van der Waals surface area (Å²) < 4.78 is 0. The SMILES string of the molecule is CNc1cc([N+](=O)[O-])cc(NCc2ccc(C)cc2)n1. The van der Waals surface area contributed by atoms with Crippen LogP contribution in [-0.2, 0) is 6.54 Å². The highest BCUT2D eigenvalue weighted by molar-refractivity contribution is 5.54. The maximum atomic E-state index is 10.9. The minimum atomic E-state index is -0.431. The Morgan fingerprint density at radius 1 is 1.20 bits per heavy atom. The number of nitrogens with one attached hydrogen (secondary N) is 2. The predicted molar refractivity (Wildman–Crippen MR) is 78.9 cm³/mol. The summed E-state index contributed by atoms with van der Waals surface area (Å²) in [6.07, 6.45) is 0. The Morgan fingerprint density at radius 3 is 2.45 bits per heavy atom. The van der Waals surface area contributed by atoms with Gasteiger partial charge in [-0.1, -0.05) is 29.8 Å². The van der Waals surface area contributed by atoms with E-state index < -0.39 is 4.92 Å². The molecule has 0 fully saturated rings. The Labute approximate surface area is 117 Å². The zero-order valence-corrected chi connectivity index (χ0v) is 11.4. The Bertz CT molecular complexity index is 611. The van der Waals surface area contributed by atoms with Crippen molar-refractivity contribution in [3.8, 4) is 0 Å². The molecule has 2 rings (SSSR count). The Kier molecular flexibility index (Phi) is 4.14. The van der Waals surface area contributed by atoms with Gasteiger partial charge < -0.3 is 10.6 Å². The molecule has 0 unspecified atom stereocenters. The predicted octanol–water partition coefficient (Wildman–Crippen LogP) is 2.95. The van der Waals surface area contributed by atoms with E-state index in [0.717, 1.165) is 5.56 Å². The first-order valence-corrected chi connectivity index (χ1v) is 6.22. The van der Waals surface area contributed by atoms with Crippen LogP contribution in [0.25, 0.3) is 0 Å². The van der Waals surface area contributed by atoms with Crippen LogP contribution in [0.3, 0.4) is 0 Å². The van der Waals surface area contributed by atoms with Gasteiger partial charge in [-0.25, -0.2) is 4.98 Å². The fourth-order valence-electron chi connectivity index (χ4n) is 1.74. The van der Waals surface area contributed by atoms with Gasteiger partial charge in [0.2, 0.25) is 0 Å². The van der Waals surface area contributed by atoms with E-state index in [-0.39, 0.29) is 5.69 Å². The van der Waals surface area contributed by atoms with E-state index in [0.29, 0.717) is 18.2 Å². The Hall–Kier alpha value is -2.63. The van der Waals surface area contributed by atoms with Gasteiger partial charge in [0.05, 0.1) is 17.1 Å². The van der Waals surface area contributed by atoms with Crippen LogP contribution in [0.4, 0.5) is 17.3 Å². The van der Waals surface area contributed by atoms with Crippen LogP contribution >= 0.6 is 0 Å². The van der Waals surface area contributed by atoms with E-state index in [1.165, 1.54) is 17.7 Å². The fraction of sp³-hybridized carbons (Fsp3) is 0.214. The standard InChI is InChI=1S/C14H16N4O2/c1-10-3-5-11(6-4-10)9-16-14-8-12(18(19)20)7-13(15-2)17-14/h3-8H,9H2,1-2H3,(H2,15,16,17). The molecule has 2 N–H and O–H groups in total. The molecule has 0 amide bonds. The molecule has 0 aliphatic carbocycles. The normalized spacial score (nSPS) is 10.1. The summed E-state index contributed by atoms with van der Waals surface area (Å²) in [6, 6.07) is 10.9. The van der Waals surface area contributed by atoms with Gasteiger partial charge >= 0.3 is 0 Å². The highest BCUT2D eigenvalue weighted by Crippen LogP contribution is 2.20. The molecule has 104 valence electrons. The minimum Gasteiger partial charge on any atom is -0.373 e. The van der Waals surface area contributed by atoms with Gasteiger partial charge in [-0.05, 0) is 12.5 Å². The summed E-state index contributed by atoms with van der Waals surface area (Å²) >= 11 is 0. The van der Waals surface area contributed by atoms with Crippen LogP contribution in [0, 0.1) is 17.0 Å². The van der Waals surface area contributed by atoms with Gasteiger partial charge in [-0.15, -0.1) is 0 Å². The summed E-state index contributed by atoms with van der Waals surface area (Å²) in [6.45, 7) is 2.59. The summed E-state index contributed by atoms with van der Waals surface area (Å²) in [5.41, 5.74) is 2.30. The van der Waals surface area contributed by atoms with Gasteiger partial charge in [0, 0.05) is 13.6 Å². The Balaban J connectivity index is 2.14. The topological polar surface area (TPSA) is 80.1 Å². The highest BCUT2D eigenvalue weighted by Gasteiger charge is 2.10. The summed E-state index contributed by atoms with van der Waals surface area (Å²) in [5, 5.41) is 16.8. The van der Waals surface area contributed by atoms with E-state index in [9.17, 15) is 10.1 Å². The molecule has 2 aromatic rings. The number of hydrogen-bond donors (Lipinski definition) is 2. The van der Waals surface area contributed by atoms with Gasteiger partial charge in [0.25, 0.3) is 5.69 Å². The number of anilines is 2. The first kappa shape index (κ1) is 13.8. The molecule has 0 aliphatic rings. The number of nitro groups is 1. The molecular weight excluding hydrogens is 256 g/mol. The van der Waals surface area contributed by atoms with Gasteiger partial charge in [0.15, 0.2) is 0 Å². The highest BCUT2D eigenvalue weighted by atomic mass is 16.6. The van der Waals surface area contributed by atoms with E-state index in [1.54, 1.807) is 7.05 Å². The first-order valence-electron chi connectivity index (χ1n) is 6.22. The van der Waals surface area contributed by atoms with Crippen molar-refractivity contribution in [2.45, 2.75) is 13.5 Å². The number of pyridine rings is 1. The van der Waals surface area contributed by atoms with E-state index in [2.05, 4.69) is 15.6 Å². The molecule has 0 spiro atoms. The molecule has 1 heterocycles. The van der Waals surface area contributed by atoms with Crippen molar-refractivity contribution < 1.29 is 4.92 Å². The number of rotatable bonds is 5. The van der Waals surface area contributed by atoms with Crippen LogP contribution in [0.5, 0.6) is 0 Å². The van der Waals surface area contributed by atoms with Crippen molar-refractivity contribution in [2.24, 2.45) is 0 Å². The molecule has 6 heteroatoms. The third-order valence-corrected chi connectivity index (χ3v) is 2.87. The Morgan fingerprint density at radius 2 is 1.85 bits per heavy atom. The quantitative estimate of drug-likeness (QED) is 0.646. The van der Waals surface area contributed by atoms with Crippen LogP contribution in [0.1, 0.15) is 11.1 Å². The lowest BCUT2D eigenvalue weighted by Crippen LogP contribution is -2.04. The molecule has 6 nitrogen and oxygen atoms in total. The molecule has 0 bridgehead atoms. The number of benzene rings is 1. The minimum absolute atomic E-state index is 0.00996. The van der Waals surface area contributed by atoms with Gasteiger partial charge in [-0.2, -0.15) is 0 Å². The molecule has 0 radical (unpaired) electrons. The van der Waals surface area contributed by atoms with E-state index in [4.69, 9.17) is 0 Å². The maximum absolute atomic E-state index is 10.9. The van der Waals surface area contributed by atoms with Crippen molar-refractivity contribution in [1.82, 2.24) is 4.98 Å². The molecule has 0 saturated heterocycles. The zero-order valence-electron chi connectivity index (χ0n) is 11.4. The zero-order chi connectivity index (χ0) is 14.5. The second-order valence-electron chi connectivity index (χ2n) is 4.44. The largest absolute Gasteiger partial charge is 0.373 e. The molecular formula is C14H16N4O2. The average Bonchev–Trinajstić information content (AvgIpc) is 2.46. The van der Waals surface area contributed by atoms with Crippen LogP contribution < -0.4 is 10.6 Å². The second-order valence-corrected chi connectivity index (χ2v) is 4.44. The molecule has 20 heavy (non-hydrogen) atoms. The lowest BCUT2D eigenvalue weighted by atomic mass is 10.1. The first-order chi connectivity index (χ1) is 9.58. The summed E-state index contributed by atoms with van der Waals surface area (Å²) in [7, 11) is 1.68. The molecule has 0 atom stereocenters. The third-order valence-electron chi connectivity index (χ3n) is 2.87. The lowest BCUT2D eigenvalue weighted by Gasteiger charge is -2.08. The van der Waals surface area contributed by atoms with Crippen LogP contribution in [0.2, 0.25) is 0 Å². The fourth-order valence-corrected chi connectivity index (χ4v) is 1.74. The number of nitrogens with zero attached hydrogens (tertiary/aromatic N) is 2. The van der Waals surface area contributed by atoms with Crippen molar-refractivity contribution in [3.63, 3.8) is 0 Å². The van der Waals surface area contributed by atoms with Crippen molar-refractivity contribution in [1.29, 1.82) is 0 Å². The van der Waals surface area contributed by atoms with Crippen LogP contribution in [-0.4, -0.2) is 17.0 Å². The maximum Gasteiger partial charge on any atom is 0.276 e. The number of hydrogen-bond acceptors (Lipinski definition) is 5. The van der Waals surface area contributed by atoms with Crippen molar-refractivity contribution >= 4 is 17.3 Å². The second kappa shape index (κ2) is 6.01. The van der Waals surface area contributed by atoms with E-state index >= 15 is 0 Å². The molecule has 1 aromatic heterocycles. The summed E-state index contributed by atoms with van der Waals surface area (Å²) in [4.78, 5) is 14.7. The third kappa shape index (κ3) is 3.44. The smallest absolute Gasteiger partial charge is 0.276 e. The van der Waals surface area contributed by atoms with Crippen molar-refractivity contribution in [3.05, 3.63) is 57.6 Å². The monoisotopic (exact) mass is 272 g/mol. The van der Waals surface area contributed by atoms with Crippen LogP contribution in [0.15, 0.2) is 36.4 Å². The van der Waals surface area contributed by atoms with E-state index in [1.807, 2.05) is 31.2 Å². The van der Waals surface area contributed by atoms with Crippen molar-refractivity contribution in [2.75, 3.05) is 17.7 Å². The average molecular weight is 272 g/mol. The number of aromatic nitrogens is 1. The number of aryl methyl sites for hydroxylation is 1. The summed E-state index contributed by atoms with van der Waals surface area (Å²) in [5.74, 6) is 0.940. The molecule has 0 saturated carbocycles. The molecule has 1 aromatic carbocycles. The van der Waals surface area contributed by atoms with Gasteiger partial charge in [0.1, 0.15) is 11.6 Å². The lowest BCUT2D eigenvalue weighted by molar-refractivity contribution is -0.384. The van der Waals surface area contributed by atoms with Gasteiger partial charge in [-0.3, -0.25) is 10.1 Å².